The molecule has 4 rings (SSSR count). The molecule has 29 heavy (non-hydrogen) atoms. The van der Waals surface area contributed by atoms with E-state index in [1.807, 2.05) is 50.2 Å². The van der Waals surface area contributed by atoms with Gasteiger partial charge in [-0.3, -0.25) is 14.5 Å². The molecule has 0 spiro atoms. The fourth-order valence-corrected chi connectivity index (χ4v) is 4.84. The molecule has 2 aromatic rings. The number of hydrogen-bond acceptors (Lipinski definition) is 6. The summed E-state index contributed by atoms with van der Waals surface area (Å²) in [5, 5.41) is 0.509. The van der Waals surface area contributed by atoms with E-state index in [0.717, 1.165) is 49.3 Å². The number of aromatic nitrogens is 2. The van der Waals surface area contributed by atoms with Crippen molar-refractivity contribution >= 4 is 23.6 Å². The zero-order chi connectivity index (χ0) is 20.4. The van der Waals surface area contributed by atoms with E-state index < -0.39 is 0 Å². The van der Waals surface area contributed by atoms with Crippen LogP contribution in [-0.4, -0.2) is 44.7 Å². The molecule has 2 amide bonds. The molecule has 0 aliphatic carbocycles. The maximum absolute atomic E-state index is 13.3. The fraction of sp³-hybridized carbons (Fsp3) is 0.364. The second-order valence-corrected chi connectivity index (χ2v) is 8.42. The zero-order valence-electron chi connectivity index (χ0n) is 16.7. The smallest absolute Gasteiger partial charge is 0.278 e. The third-order valence-electron chi connectivity index (χ3n) is 5.11. The highest BCUT2D eigenvalue weighted by molar-refractivity contribution is 8.04. The van der Waals surface area contributed by atoms with Crippen LogP contribution >= 0.6 is 11.8 Å². The van der Waals surface area contributed by atoms with Gasteiger partial charge in [0.15, 0.2) is 5.16 Å². The number of imide groups is 1. The predicted molar refractivity (Wildman–Crippen MR) is 112 cm³/mol. The number of nitrogens with zero attached hydrogens (tertiary/aromatic N) is 4. The number of likely N-dealkylation sites (tertiary alicyclic amines) is 1. The van der Waals surface area contributed by atoms with E-state index in [9.17, 15) is 9.59 Å². The van der Waals surface area contributed by atoms with Crippen LogP contribution in [0.1, 0.15) is 36.2 Å². The van der Waals surface area contributed by atoms with Crippen LogP contribution in [0.2, 0.25) is 0 Å². The van der Waals surface area contributed by atoms with Crippen LogP contribution in [0.15, 0.2) is 52.2 Å². The van der Waals surface area contributed by atoms with Crippen LogP contribution in [0.4, 0.5) is 0 Å². The number of thioether (sulfide) groups is 1. The van der Waals surface area contributed by atoms with Crippen LogP contribution < -0.4 is 0 Å². The summed E-state index contributed by atoms with van der Waals surface area (Å²) in [5.41, 5.74) is 3.13. The average Bonchev–Trinajstić information content (AvgIpc) is 2.93. The van der Waals surface area contributed by atoms with Gasteiger partial charge < -0.3 is 4.90 Å². The molecule has 0 bridgehead atoms. The first-order valence-electron chi connectivity index (χ1n) is 9.92. The molecule has 1 fully saturated rings. The van der Waals surface area contributed by atoms with Gasteiger partial charge in [-0.05, 0) is 56.5 Å². The Balaban J connectivity index is 1.68. The summed E-state index contributed by atoms with van der Waals surface area (Å²) in [6.07, 6.45) is 3.21. The standard InChI is InChI=1S/C22H24N4O2S/c1-15-13-16(2)24-22(23-15)29-19-18(25-11-7-4-8-12-25)20(27)26(21(19)28)14-17-9-5-3-6-10-17/h3,5-6,9-10,13H,4,7-8,11-12,14H2,1-2H3. The minimum Gasteiger partial charge on any atom is -0.366 e. The molecule has 0 radical (unpaired) electrons. The topological polar surface area (TPSA) is 66.4 Å². The normalized spacial score (nSPS) is 17.4. The van der Waals surface area contributed by atoms with Gasteiger partial charge >= 0.3 is 0 Å². The first-order valence-corrected chi connectivity index (χ1v) is 10.7. The maximum Gasteiger partial charge on any atom is 0.278 e. The maximum atomic E-state index is 13.3. The molecule has 7 heteroatoms. The van der Waals surface area contributed by atoms with Crippen molar-refractivity contribution in [1.82, 2.24) is 19.8 Å². The Morgan fingerprint density at radius 3 is 2.24 bits per heavy atom. The monoisotopic (exact) mass is 408 g/mol. The number of benzene rings is 1. The van der Waals surface area contributed by atoms with Crippen molar-refractivity contribution in [2.24, 2.45) is 0 Å². The minimum absolute atomic E-state index is 0.215. The number of carbonyl (C=O) groups excluding carboxylic acids is 2. The second-order valence-electron chi connectivity index (χ2n) is 7.44. The van der Waals surface area contributed by atoms with E-state index in [1.165, 1.54) is 16.7 Å². The Morgan fingerprint density at radius 1 is 0.931 bits per heavy atom. The van der Waals surface area contributed by atoms with Crippen molar-refractivity contribution in [3.63, 3.8) is 0 Å². The van der Waals surface area contributed by atoms with Crippen molar-refractivity contribution in [3.8, 4) is 0 Å². The molecular weight excluding hydrogens is 384 g/mol. The number of aryl methyl sites for hydroxylation is 2. The highest BCUT2D eigenvalue weighted by Gasteiger charge is 2.42. The first-order chi connectivity index (χ1) is 14.0. The highest BCUT2D eigenvalue weighted by atomic mass is 32.2. The van der Waals surface area contributed by atoms with Crippen LogP contribution in [0.5, 0.6) is 0 Å². The van der Waals surface area contributed by atoms with Gasteiger partial charge in [-0.2, -0.15) is 0 Å². The van der Waals surface area contributed by atoms with E-state index in [4.69, 9.17) is 0 Å². The first kappa shape index (κ1) is 19.6. The molecule has 6 nitrogen and oxygen atoms in total. The second kappa shape index (κ2) is 8.37. The Kier molecular flexibility index (Phi) is 5.67. The summed E-state index contributed by atoms with van der Waals surface area (Å²) < 4.78 is 0. The summed E-state index contributed by atoms with van der Waals surface area (Å²) in [4.78, 5) is 39.4. The van der Waals surface area contributed by atoms with Crippen molar-refractivity contribution in [2.75, 3.05) is 13.1 Å². The molecule has 1 saturated heterocycles. The van der Waals surface area contributed by atoms with Crippen LogP contribution in [0, 0.1) is 13.8 Å². The lowest BCUT2D eigenvalue weighted by molar-refractivity contribution is -0.138. The molecule has 2 aliphatic rings. The number of carbonyl (C=O) groups is 2. The van der Waals surface area contributed by atoms with E-state index in [1.54, 1.807) is 0 Å². The molecule has 1 aromatic heterocycles. The van der Waals surface area contributed by atoms with Gasteiger partial charge in [0.25, 0.3) is 11.8 Å². The Bertz CT molecular complexity index is 948. The quantitative estimate of drug-likeness (QED) is 0.558. The Labute approximate surface area is 175 Å². The molecule has 1 aromatic carbocycles. The van der Waals surface area contributed by atoms with Gasteiger partial charge in [-0.15, -0.1) is 0 Å². The number of rotatable bonds is 5. The van der Waals surface area contributed by atoms with Gasteiger partial charge in [0, 0.05) is 24.5 Å². The lowest BCUT2D eigenvalue weighted by Gasteiger charge is -2.29. The molecule has 0 N–H and O–H groups in total. The lowest BCUT2D eigenvalue weighted by atomic mass is 10.1. The number of hydrogen-bond donors (Lipinski definition) is 0. The fourth-order valence-electron chi connectivity index (χ4n) is 3.77. The van der Waals surface area contributed by atoms with Crippen molar-refractivity contribution in [2.45, 2.75) is 44.8 Å². The zero-order valence-corrected chi connectivity index (χ0v) is 17.5. The van der Waals surface area contributed by atoms with Gasteiger partial charge in [-0.25, -0.2) is 9.97 Å². The Morgan fingerprint density at radius 2 is 1.59 bits per heavy atom. The van der Waals surface area contributed by atoms with Crippen LogP contribution in [-0.2, 0) is 16.1 Å². The molecular formula is C22H24N4O2S. The molecule has 0 unspecified atom stereocenters. The molecule has 2 aliphatic heterocycles. The third-order valence-corrected chi connectivity index (χ3v) is 6.05. The summed E-state index contributed by atoms with van der Waals surface area (Å²) in [7, 11) is 0. The SMILES string of the molecule is Cc1cc(C)nc(SC2=C(N3CCCCC3)C(=O)N(Cc3ccccc3)C2=O)n1. The highest BCUT2D eigenvalue weighted by Crippen LogP contribution is 2.37. The van der Waals surface area contributed by atoms with Crippen LogP contribution in [0.25, 0.3) is 0 Å². The van der Waals surface area contributed by atoms with Crippen molar-refractivity contribution in [3.05, 3.63) is 64.0 Å². The van der Waals surface area contributed by atoms with E-state index in [0.29, 0.717) is 15.8 Å². The predicted octanol–water partition coefficient (Wildman–Crippen LogP) is 3.45. The average molecular weight is 409 g/mol. The van der Waals surface area contributed by atoms with E-state index in [-0.39, 0.29) is 18.4 Å². The Hall–Kier alpha value is -2.67. The largest absolute Gasteiger partial charge is 0.366 e. The minimum atomic E-state index is -0.257. The summed E-state index contributed by atoms with van der Waals surface area (Å²) in [6, 6.07) is 11.5. The van der Waals surface area contributed by atoms with Gasteiger partial charge in [0.2, 0.25) is 0 Å². The van der Waals surface area contributed by atoms with Crippen LogP contribution in [0.3, 0.4) is 0 Å². The van der Waals surface area contributed by atoms with Gasteiger partial charge in [-0.1, -0.05) is 30.3 Å². The number of amides is 2. The molecule has 150 valence electrons. The number of piperidine rings is 1. The van der Waals surface area contributed by atoms with Crippen molar-refractivity contribution in [1.29, 1.82) is 0 Å². The summed E-state index contributed by atoms with van der Waals surface area (Å²) in [5.74, 6) is -0.472. The van der Waals surface area contributed by atoms with E-state index in [2.05, 4.69) is 14.9 Å². The molecule has 0 saturated carbocycles. The summed E-state index contributed by atoms with van der Waals surface area (Å²) in [6.45, 7) is 5.67. The van der Waals surface area contributed by atoms with Crippen molar-refractivity contribution < 1.29 is 9.59 Å². The summed E-state index contributed by atoms with van der Waals surface area (Å²) >= 11 is 1.21. The lowest BCUT2D eigenvalue weighted by Crippen LogP contribution is -2.36. The molecule has 0 atom stereocenters. The van der Waals surface area contributed by atoms with E-state index >= 15 is 0 Å². The third kappa shape index (κ3) is 4.19. The van der Waals surface area contributed by atoms with Gasteiger partial charge in [0.05, 0.1) is 6.54 Å². The van der Waals surface area contributed by atoms with Gasteiger partial charge in [0.1, 0.15) is 10.6 Å². The molecule has 3 heterocycles.